The van der Waals surface area contributed by atoms with E-state index in [0.717, 1.165) is 15.6 Å². The van der Waals surface area contributed by atoms with Gasteiger partial charge in [-0.25, -0.2) is 8.78 Å². The molecule has 0 amide bonds. The topological polar surface area (TPSA) is 46.5 Å². The zero-order valence-electron chi connectivity index (χ0n) is 16.3. The molecule has 0 aliphatic heterocycles. The Labute approximate surface area is 169 Å². The first-order valence-corrected chi connectivity index (χ1v) is 11.7. The van der Waals surface area contributed by atoms with Gasteiger partial charge in [-0.05, 0) is 27.7 Å². The fraction of sp³-hybridized carbons (Fsp3) is 0.174. The van der Waals surface area contributed by atoms with Gasteiger partial charge in [0.2, 0.25) is 0 Å². The summed E-state index contributed by atoms with van der Waals surface area (Å²) in [6, 6.07) is 19.4. The maximum absolute atomic E-state index is 14.3. The molecule has 1 N–H and O–H groups in total. The van der Waals surface area contributed by atoms with Crippen molar-refractivity contribution in [1.29, 1.82) is 0 Å². The molecule has 0 unspecified atom stereocenters. The van der Waals surface area contributed by atoms with Gasteiger partial charge in [0.25, 0.3) is 0 Å². The van der Waals surface area contributed by atoms with Gasteiger partial charge in [0.05, 0.1) is 6.61 Å². The minimum absolute atomic E-state index is 0.153. The van der Waals surface area contributed by atoms with Crippen LogP contribution in [-0.4, -0.2) is 19.1 Å². The number of esters is 1. The van der Waals surface area contributed by atoms with Gasteiger partial charge in [0.15, 0.2) is 0 Å². The molecule has 0 fully saturated rings. The van der Waals surface area contributed by atoms with Crippen molar-refractivity contribution in [3.05, 3.63) is 89.5 Å². The highest BCUT2D eigenvalue weighted by Gasteiger charge is 2.35. The van der Waals surface area contributed by atoms with Crippen molar-refractivity contribution in [3.8, 4) is 0 Å². The van der Waals surface area contributed by atoms with Crippen molar-refractivity contribution >= 4 is 29.6 Å². The maximum atomic E-state index is 14.3. The molecule has 0 saturated heterocycles. The van der Waals surface area contributed by atoms with Crippen LogP contribution in [0.25, 0.3) is 0 Å². The summed E-state index contributed by atoms with van der Waals surface area (Å²) in [5, 5.41) is 12.4. The number of aliphatic hydroxyl groups is 1. The number of aliphatic hydroxyl groups excluding tert-OH is 1. The summed E-state index contributed by atoms with van der Waals surface area (Å²) in [7, 11) is -2.64. The van der Waals surface area contributed by atoms with Crippen LogP contribution < -0.4 is 15.6 Å². The molecule has 0 aliphatic carbocycles. The van der Waals surface area contributed by atoms with E-state index in [9.17, 15) is 18.7 Å². The van der Waals surface area contributed by atoms with Crippen molar-refractivity contribution < 1.29 is 23.4 Å². The number of hydrogen-bond acceptors (Lipinski definition) is 3. The van der Waals surface area contributed by atoms with Gasteiger partial charge in [-0.15, -0.1) is 0 Å². The second-order valence-corrected chi connectivity index (χ2v) is 11.0. The van der Waals surface area contributed by atoms with Crippen LogP contribution in [0.5, 0.6) is 0 Å². The summed E-state index contributed by atoms with van der Waals surface area (Å²) in [4.78, 5) is 11.2. The highest BCUT2D eigenvalue weighted by Crippen LogP contribution is 2.14. The summed E-state index contributed by atoms with van der Waals surface area (Å²) in [6.45, 7) is 2.82. The SMILES string of the molecule is CC(=O)OCc1cc([Si@@](C)(c2ccccc2)c2ccc(F)c(CO)c2)ccc1F. The van der Waals surface area contributed by atoms with E-state index in [1.807, 2.05) is 30.3 Å². The van der Waals surface area contributed by atoms with Gasteiger partial charge in [-0.1, -0.05) is 61.1 Å². The third kappa shape index (κ3) is 4.28. The average molecular weight is 413 g/mol. The monoisotopic (exact) mass is 412 g/mol. The number of halogens is 2. The van der Waals surface area contributed by atoms with Crippen molar-refractivity contribution in [1.82, 2.24) is 0 Å². The van der Waals surface area contributed by atoms with Crippen LogP contribution in [0.3, 0.4) is 0 Å². The van der Waals surface area contributed by atoms with E-state index in [1.54, 1.807) is 24.3 Å². The molecule has 3 nitrogen and oxygen atoms in total. The molecule has 0 radical (unpaired) electrons. The molecule has 150 valence electrons. The Bertz CT molecular complexity index is 1020. The van der Waals surface area contributed by atoms with E-state index < -0.39 is 32.3 Å². The van der Waals surface area contributed by atoms with Gasteiger partial charge in [-0.3, -0.25) is 4.79 Å². The Kier molecular flexibility index (Phi) is 6.25. The van der Waals surface area contributed by atoms with Gasteiger partial charge in [0, 0.05) is 18.1 Å². The predicted molar refractivity (Wildman–Crippen MR) is 111 cm³/mol. The molecule has 0 saturated carbocycles. The minimum atomic E-state index is -2.64. The molecule has 0 aliphatic rings. The molecular weight excluding hydrogens is 390 g/mol. The maximum Gasteiger partial charge on any atom is 0.302 e. The number of carbonyl (C=O) groups is 1. The lowest BCUT2D eigenvalue weighted by atomic mass is 10.2. The Hall–Kier alpha value is -2.83. The molecule has 3 aromatic rings. The number of ether oxygens (including phenoxy) is 1. The fourth-order valence-electron chi connectivity index (χ4n) is 3.45. The van der Waals surface area contributed by atoms with Crippen LogP contribution in [0.1, 0.15) is 18.1 Å². The summed E-state index contributed by atoms with van der Waals surface area (Å²) >= 11 is 0. The Morgan fingerprint density at radius 2 is 1.45 bits per heavy atom. The van der Waals surface area contributed by atoms with E-state index in [4.69, 9.17) is 4.74 Å². The lowest BCUT2D eigenvalue weighted by Crippen LogP contribution is -2.65. The molecule has 0 heterocycles. The van der Waals surface area contributed by atoms with Crippen molar-refractivity contribution in [3.63, 3.8) is 0 Å². The zero-order chi connectivity index (χ0) is 21.0. The van der Waals surface area contributed by atoms with E-state index in [2.05, 4.69) is 6.55 Å². The Morgan fingerprint density at radius 3 is 2.00 bits per heavy atom. The minimum Gasteiger partial charge on any atom is -0.461 e. The Morgan fingerprint density at radius 1 is 0.897 bits per heavy atom. The second kappa shape index (κ2) is 8.67. The lowest BCUT2D eigenvalue weighted by Gasteiger charge is -2.30. The number of benzene rings is 3. The molecule has 29 heavy (non-hydrogen) atoms. The standard InChI is InChI=1S/C23H22F2O3Si/c1-16(27)28-15-18-13-21(9-11-23(18)25)29(2,19-6-4-3-5-7-19)20-8-10-22(24)17(12-20)14-26/h3-13,26H,14-15H2,1-2H3/t29-/m0/s1. The summed E-state index contributed by atoms with van der Waals surface area (Å²) in [5.41, 5.74) is 0.510. The number of carbonyl (C=O) groups excluding carboxylic acids is 1. The summed E-state index contributed by atoms with van der Waals surface area (Å²) < 4.78 is 33.3. The van der Waals surface area contributed by atoms with E-state index in [1.165, 1.54) is 19.1 Å². The smallest absolute Gasteiger partial charge is 0.302 e. The van der Waals surface area contributed by atoms with Crippen LogP contribution in [-0.2, 0) is 22.7 Å². The number of hydrogen-bond donors (Lipinski definition) is 1. The normalized spacial score (nSPS) is 13.0. The molecule has 3 aromatic carbocycles. The van der Waals surface area contributed by atoms with E-state index >= 15 is 0 Å². The largest absolute Gasteiger partial charge is 0.461 e. The van der Waals surface area contributed by atoms with Gasteiger partial charge in [0.1, 0.15) is 26.3 Å². The van der Waals surface area contributed by atoms with Crippen molar-refractivity contribution in [2.45, 2.75) is 26.7 Å². The Balaban J connectivity index is 2.20. The first-order chi connectivity index (χ1) is 13.9. The van der Waals surface area contributed by atoms with Crippen LogP contribution in [0, 0.1) is 11.6 Å². The summed E-state index contributed by atoms with van der Waals surface area (Å²) in [5.74, 6) is -1.39. The highest BCUT2D eigenvalue weighted by atomic mass is 28.3. The van der Waals surface area contributed by atoms with Crippen LogP contribution >= 0.6 is 0 Å². The fourth-order valence-corrected chi connectivity index (χ4v) is 7.07. The first kappa shape index (κ1) is 20.9. The first-order valence-electron chi connectivity index (χ1n) is 9.23. The van der Waals surface area contributed by atoms with Gasteiger partial charge >= 0.3 is 5.97 Å². The molecule has 0 aromatic heterocycles. The summed E-state index contributed by atoms with van der Waals surface area (Å²) in [6.07, 6.45) is 0. The van der Waals surface area contributed by atoms with Gasteiger partial charge in [-0.2, -0.15) is 0 Å². The molecule has 0 bridgehead atoms. The third-order valence-electron chi connectivity index (χ3n) is 5.20. The zero-order valence-corrected chi connectivity index (χ0v) is 17.3. The van der Waals surface area contributed by atoms with Crippen LogP contribution in [0.4, 0.5) is 8.78 Å². The van der Waals surface area contributed by atoms with Crippen LogP contribution in [0.15, 0.2) is 66.7 Å². The molecule has 6 heteroatoms. The molecule has 1 atom stereocenters. The third-order valence-corrected chi connectivity index (χ3v) is 9.62. The van der Waals surface area contributed by atoms with E-state index in [-0.39, 0.29) is 17.7 Å². The predicted octanol–water partition coefficient (Wildman–Crippen LogP) is 2.62. The molecule has 0 spiro atoms. The highest BCUT2D eigenvalue weighted by molar-refractivity contribution is 7.10. The van der Waals surface area contributed by atoms with Crippen molar-refractivity contribution in [2.75, 3.05) is 0 Å². The van der Waals surface area contributed by atoms with Gasteiger partial charge < -0.3 is 9.84 Å². The number of rotatable bonds is 6. The average Bonchev–Trinajstić information content (AvgIpc) is 2.73. The second-order valence-electron chi connectivity index (χ2n) is 7.04. The quantitative estimate of drug-likeness (QED) is 0.385. The molecular formula is C23H22F2O3Si. The molecule has 3 rings (SSSR count). The van der Waals surface area contributed by atoms with Crippen LogP contribution in [0.2, 0.25) is 6.55 Å². The van der Waals surface area contributed by atoms with Crippen molar-refractivity contribution in [2.24, 2.45) is 0 Å². The lowest BCUT2D eigenvalue weighted by molar-refractivity contribution is -0.142. The van der Waals surface area contributed by atoms with E-state index in [0.29, 0.717) is 0 Å².